The van der Waals surface area contributed by atoms with Gasteiger partial charge in [-0.1, -0.05) is 141 Å². The molecule has 0 aliphatic rings. The van der Waals surface area contributed by atoms with E-state index in [-0.39, 0.29) is 26.0 Å². The van der Waals surface area contributed by atoms with Crippen molar-refractivity contribution in [3.8, 4) is 0 Å². The van der Waals surface area contributed by atoms with Crippen LogP contribution in [0, 0.1) is 0 Å². The largest absolute Gasteiger partial charge is 0.592 e. The summed E-state index contributed by atoms with van der Waals surface area (Å²) in [5.41, 5.74) is 5.46. The van der Waals surface area contributed by atoms with E-state index in [9.17, 15) is 14.2 Å². The maximum atomic E-state index is 12.9. The van der Waals surface area contributed by atoms with Gasteiger partial charge in [0.05, 0.1) is 6.61 Å². The Morgan fingerprint density at radius 1 is 0.500 bits per heavy atom. The number of carbonyl (C=O) groups excluding carboxylic acids is 2. The Morgan fingerprint density at radius 3 is 1.13 bits per heavy atom. The van der Waals surface area contributed by atoms with Crippen molar-refractivity contribution in [1.82, 2.24) is 0 Å². The van der Waals surface area contributed by atoms with Crippen molar-refractivity contribution in [2.45, 2.75) is 194 Å². The molecule has 0 fully saturated rings. The molecule has 0 heterocycles. The average molecular weight is 670 g/mol. The molecule has 0 spiro atoms. The van der Waals surface area contributed by atoms with Crippen molar-refractivity contribution in [2.24, 2.45) is 5.73 Å². The first-order valence-corrected chi connectivity index (χ1v) is 20.6. The first kappa shape index (κ1) is 44.6. The van der Waals surface area contributed by atoms with Crippen LogP contribution >= 0.6 is 7.82 Å². The summed E-state index contributed by atoms with van der Waals surface area (Å²) < 4.78 is 28.1. The lowest BCUT2D eigenvalue weighted by atomic mass is 10.1. The molecule has 0 unspecified atom stereocenters. The Kier molecular flexibility index (Phi) is 33.8. The van der Waals surface area contributed by atoms with Crippen molar-refractivity contribution in [1.29, 1.82) is 0 Å². The standard InChI is InChI=1S/C38H72NO6P/c1-3-5-7-9-11-13-15-17-19-21-23-25-27-29-31-33-37(40)44-46(42,43-36-35-39)45-38(41)34-32-30-28-26-24-22-20-18-16-14-12-10-8-6-4-2/h17-20H,3-16,21-36,39H2,1-2H3/b19-17-,20-18-. The van der Waals surface area contributed by atoms with E-state index in [0.717, 1.165) is 64.2 Å². The minimum Gasteiger partial charge on any atom is -0.361 e. The van der Waals surface area contributed by atoms with Gasteiger partial charge in [0.15, 0.2) is 0 Å². The summed E-state index contributed by atoms with van der Waals surface area (Å²) in [6.07, 6.45) is 39.6. The SMILES string of the molecule is CCCCCCCC/C=C\CCCCCCCC(=O)OP(=O)(OCCN)OC(=O)CCCCCCC/C=C\CCCCCCCC. The van der Waals surface area contributed by atoms with Crippen LogP contribution in [0.3, 0.4) is 0 Å². The molecule has 0 aromatic carbocycles. The van der Waals surface area contributed by atoms with Gasteiger partial charge in [-0.25, -0.2) is 4.57 Å². The molecule has 0 amide bonds. The van der Waals surface area contributed by atoms with Crippen molar-refractivity contribution >= 4 is 19.8 Å². The maximum Gasteiger partial charge on any atom is 0.592 e. The van der Waals surface area contributed by atoms with Crippen molar-refractivity contribution in [2.75, 3.05) is 13.2 Å². The Balaban J connectivity index is 3.94. The van der Waals surface area contributed by atoms with Crippen LogP contribution < -0.4 is 5.73 Å². The third-order valence-electron chi connectivity index (χ3n) is 8.08. The van der Waals surface area contributed by atoms with Crippen LogP contribution in [0.1, 0.15) is 194 Å². The number of phosphoric acid groups is 1. The van der Waals surface area contributed by atoms with Crippen LogP contribution in [0.5, 0.6) is 0 Å². The second-order valence-corrected chi connectivity index (χ2v) is 14.2. The number of nitrogens with two attached hydrogens (primary N) is 1. The van der Waals surface area contributed by atoms with E-state index >= 15 is 0 Å². The summed E-state index contributed by atoms with van der Waals surface area (Å²) in [5.74, 6) is -1.35. The highest BCUT2D eigenvalue weighted by Crippen LogP contribution is 2.50. The quantitative estimate of drug-likeness (QED) is 0.0406. The van der Waals surface area contributed by atoms with Gasteiger partial charge in [0, 0.05) is 19.4 Å². The third-order valence-corrected chi connectivity index (χ3v) is 9.43. The molecule has 0 rings (SSSR count). The van der Waals surface area contributed by atoms with Gasteiger partial charge in [-0.3, -0.25) is 14.1 Å². The van der Waals surface area contributed by atoms with Crippen LogP contribution in [0.2, 0.25) is 0 Å². The molecular formula is C38H72NO6P. The number of allylic oxidation sites excluding steroid dienone is 4. The Bertz CT molecular complexity index is 742. The Labute approximate surface area is 283 Å². The molecule has 0 aliphatic carbocycles. The molecule has 2 N–H and O–H groups in total. The lowest BCUT2D eigenvalue weighted by Crippen LogP contribution is -2.14. The van der Waals surface area contributed by atoms with E-state index < -0.39 is 19.8 Å². The molecule has 8 heteroatoms. The lowest BCUT2D eigenvalue weighted by Gasteiger charge is -2.16. The zero-order chi connectivity index (χ0) is 33.8. The molecule has 0 aromatic heterocycles. The van der Waals surface area contributed by atoms with Crippen molar-refractivity contribution in [3.63, 3.8) is 0 Å². The van der Waals surface area contributed by atoms with Crippen LogP contribution in [-0.4, -0.2) is 25.1 Å². The predicted octanol–water partition coefficient (Wildman–Crippen LogP) is 12.2. The summed E-state index contributed by atoms with van der Waals surface area (Å²) in [6, 6.07) is 0. The first-order valence-electron chi connectivity index (χ1n) is 19.2. The normalized spacial score (nSPS) is 12.0. The van der Waals surface area contributed by atoms with E-state index in [1.807, 2.05) is 0 Å². The van der Waals surface area contributed by atoms with Crippen molar-refractivity contribution < 1.29 is 27.7 Å². The number of carbonyl (C=O) groups is 2. The van der Waals surface area contributed by atoms with Gasteiger partial charge in [-0.2, -0.15) is 0 Å². The van der Waals surface area contributed by atoms with E-state index in [1.54, 1.807) is 0 Å². The van der Waals surface area contributed by atoms with E-state index in [2.05, 4.69) is 38.2 Å². The molecule has 0 radical (unpaired) electrons. The summed E-state index contributed by atoms with van der Waals surface area (Å²) >= 11 is 0. The highest BCUT2D eigenvalue weighted by Gasteiger charge is 2.34. The third kappa shape index (κ3) is 32.5. The summed E-state index contributed by atoms with van der Waals surface area (Å²) in [5, 5.41) is 0. The molecule has 0 saturated heterocycles. The fraction of sp³-hybridized carbons (Fsp3) is 0.842. The number of hydrogen-bond acceptors (Lipinski definition) is 7. The smallest absolute Gasteiger partial charge is 0.361 e. The zero-order valence-corrected chi connectivity index (χ0v) is 30.9. The summed E-state index contributed by atoms with van der Waals surface area (Å²) in [6.45, 7) is 4.44. The number of hydrogen-bond donors (Lipinski definition) is 1. The van der Waals surface area contributed by atoms with Gasteiger partial charge in [0.2, 0.25) is 0 Å². The van der Waals surface area contributed by atoms with Gasteiger partial charge >= 0.3 is 19.8 Å². The van der Waals surface area contributed by atoms with Crippen molar-refractivity contribution in [3.05, 3.63) is 24.3 Å². The molecule has 0 atom stereocenters. The van der Waals surface area contributed by atoms with E-state index in [1.165, 1.54) is 89.9 Å². The van der Waals surface area contributed by atoms with Crippen LogP contribution in [0.25, 0.3) is 0 Å². The van der Waals surface area contributed by atoms with Crippen LogP contribution in [-0.2, 0) is 27.7 Å². The fourth-order valence-electron chi connectivity index (χ4n) is 5.26. The Hall–Kier alpha value is -1.43. The Morgan fingerprint density at radius 2 is 0.804 bits per heavy atom. The fourth-order valence-corrected chi connectivity index (χ4v) is 6.41. The predicted molar refractivity (Wildman–Crippen MR) is 194 cm³/mol. The van der Waals surface area contributed by atoms with Gasteiger partial charge in [0.25, 0.3) is 0 Å². The highest BCUT2D eigenvalue weighted by molar-refractivity contribution is 7.49. The molecule has 0 aliphatic heterocycles. The van der Waals surface area contributed by atoms with Gasteiger partial charge in [-0.05, 0) is 64.2 Å². The number of rotatable bonds is 35. The molecule has 7 nitrogen and oxygen atoms in total. The zero-order valence-electron chi connectivity index (χ0n) is 30.0. The maximum absolute atomic E-state index is 12.9. The average Bonchev–Trinajstić information content (AvgIpc) is 3.03. The first-order chi connectivity index (χ1) is 22.5. The van der Waals surface area contributed by atoms with Gasteiger partial charge in [0.1, 0.15) is 0 Å². The van der Waals surface area contributed by atoms with Gasteiger partial charge < -0.3 is 14.8 Å². The summed E-state index contributed by atoms with van der Waals surface area (Å²) in [4.78, 5) is 24.7. The monoisotopic (exact) mass is 670 g/mol. The highest BCUT2D eigenvalue weighted by atomic mass is 31.2. The van der Waals surface area contributed by atoms with E-state index in [0.29, 0.717) is 12.8 Å². The number of unbranched alkanes of at least 4 members (excludes halogenated alkanes) is 22. The lowest BCUT2D eigenvalue weighted by molar-refractivity contribution is -0.141. The summed E-state index contributed by atoms with van der Waals surface area (Å²) in [7, 11) is -4.32. The van der Waals surface area contributed by atoms with Crippen LogP contribution in [0.15, 0.2) is 24.3 Å². The number of phosphoric ester groups is 1. The second kappa shape index (κ2) is 34.9. The van der Waals surface area contributed by atoms with Gasteiger partial charge in [-0.15, -0.1) is 0 Å². The molecule has 46 heavy (non-hydrogen) atoms. The molecule has 0 aromatic rings. The van der Waals surface area contributed by atoms with Crippen LogP contribution in [0.4, 0.5) is 0 Å². The molecule has 270 valence electrons. The molecule has 0 bridgehead atoms. The van der Waals surface area contributed by atoms with E-state index in [4.69, 9.17) is 19.3 Å². The molecular weight excluding hydrogens is 597 g/mol. The molecule has 0 saturated carbocycles. The second-order valence-electron chi connectivity index (χ2n) is 12.7. The topological polar surface area (TPSA) is 105 Å². The minimum absolute atomic E-state index is 0.0710. The minimum atomic E-state index is -4.32.